The molecule has 3 aliphatic rings. The molecule has 0 amide bonds. The number of carbonyl (C=O) groups excluding carboxylic acids is 2. The molecule has 1 aliphatic heterocycles. The number of ether oxygens (including phenoxy) is 4. The van der Waals surface area contributed by atoms with E-state index >= 15 is 0 Å². The number of allylic oxidation sites excluding steroid dienone is 3. The second-order valence-electron chi connectivity index (χ2n) is 11.1. The number of esters is 1. The Bertz CT molecular complexity index is 1440. The van der Waals surface area contributed by atoms with E-state index < -0.39 is 11.9 Å². The molecule has 1 heterocycles. The zero-order valence-corrected chi connectivity index (χ0v) is 26.1. The van der Waals surface area contributed by atoms with E-state index in [0.717, 1.165) is 43.4 Å². The van der Waals surface area contributed by atoms with Crippen LogP contribution in [-0.4, -0.2) is 43.8 Å². The molecule has 2 N–H and O–H groups in total. The number of phenols is 1. The van der Waals surface area contributed by atoms with Gasteiger partial charge in [0, 0.05) is 29.3 Å². The van der Waals surface area contributed by atoms with E-state index in [1.54, 1.807) is 26.4 Å². The molecule has 0 radical (unpaired) electrons. The molecule has 2 aliphatic carbocycles. The highest BCUT2D eigenvalue weighted by molar-refractivity contribution is 9.10. The van der Waals surface area contributed by atoms with Crippen LogP contribution >= 0.6 is 15.9 Å². The average Bonchev–Trinajstić information content (AvgIpc) is 2.98. The first kappa shape index (κ1) is 30.0. The fraction of sp³-hybridized carbons (Fsp3) is 0.455. The van der Waals surface area contributed by atoms with Gasteiger partial charge in [0.2, 0.25) is 0 Å². The zero-order chi connectivity index (χ0) is 30.0. The van der Waals surface area contributed by atoms with Gasteiger partial charge < -0.3 is 29.4 Å². The number of phenolic OH excluding ortho intramolecular Hbond substituents is 1. The van der Waals surface area contributed by atoms with Crippen molar-refractivity contribution in [3.05, 3.63) is 68.5 Å². The summed E-state index contributed by atoms with van der Waals surface area (Å²) in [5, 5.41) is 14.1. The van der Waals surface area contributed by atoms with E-state index in [1.165, 1.54) is 0 Å². The first-order chi connectivity index (χ1) is 20.2. The predicted molar refractivity (Wildman–Crippen MR) is 162 cm³/mol. The highest BCUT2D eigenvalue weighted by Crippen LogP contribution is 2.49. The van der Waals surface area contributed by atoms with E-state index in [9.17, 15) is 14.7 Å². The Morgan fingerprint density at radius 3 is 2.40 bits per heavy atom. The number of nitrogens with one attached hydrogen (secondary N) is 1. The summed E-state index contributed by atoms with van der Waals surface area (Å²) in [4.78, 5) is 27.9. The number of methoxy groups -OCH3 is 2. The fourth-order valence-corrected chi connectivity index (χ4v) is 6.87. The Balaban J connectivity index is 1.57. The maximum atomic E-state index is 14.1. The number of hydrogen-bond acceptors (Lipinski definition) is 8. The topological polar surface area (TPSA) is 103 Å². The molecule has 0 unspecified atom stereocenters. The smallest absolute Gasteiger partial charge is 0.337 e. The van der Waals surface area contributed by atoms with Crippen molar-refractivity contribution in [1.29, 1.82) is 0 Å². The number of ketones is 1. The van der Waals surface area contributed by atoms with Gasteiger partial charge in [-0.05, 0) is 103 Å². The number of rotatable bonds is 8. The zero-order valence-electron chi connectivity index (χ0n) is 24.6. The van der Waals surface area contributed by atoms with Crippen LogP contribution in [0.4, 0.5) is 0 Å². The first-order valence-corrected chi connectivity index (χ1v) is 15.4. The summed E-state index contributed by atoms with van der Waals surface area (Å²) >= 11 is 3.45. The molecule has 2 atom stereocenters. The lowest BCUT2D eigenvalue weighted by Gasteiger charge is -2.37. The van der Waals surface area contributed by atoms with E-state index in [2.05, 4.69) is 21.2 Å². The van der Waals surface area contributed by atoms with E-state index in [1.807, 2.05) is 32.0 Å². The van der Waals surface area contributed by atoms with Crippen LogP contribution in [0.2, 0.25) is 0 Å². The molecule has 9 heteroatoms. The minimum Gasteiger partial charge on any atom is -0.503 e. The molecule has 0 aromatic heterocycles. The van der Waals surface area contributed by atoms with Crippen LogP contribution in [0, 0.1) is 0 Å². The lowest BCUT2D eigenvalue weighted by atomic mass is 9.71. The summed E-state index contributed by atoms with van der Waals surface area (Å²) < 4.78 is 23.1. The molecule has 1 fully saturated rings. The Hall–Kier alpha value is -3.46. The van der Waals surface area contributed by atoms with Crippen LogP contribution in [0.1, 0.15) is 81.8 Å². The minimum atomic E-state index is -0.674. The van der Waals surface area contributed by atoms with E-state index in [-0.39, 0.29) is 35.7 Å². The minimum absolute atomic E-state index is 0.0285. The van der Waals surface area contributed by atoms with Crippen LogP contribution in [-0.2, 0) is 14.3 Å². The SMILES string of the molecule is CCOc1cc([C@@H]2C(C(=O)OC3CCCCC3)=C(C)NC3=C2C(=O)C[C@H](c2ccc(OC)c(OC)c2)C3)cc(Br)c1O. The molecule has 2 aromatic rings. The van der Waals surface area contributed by atoms with Gasteiger partial charge in [0.1, 0.15) is 6.10 Å². The van der Waals surface area contributed by atoms with Gasteiger partial charge in [0.05, 0.1) is 30.9 Å². The number of carbonyl (C=O) groups is 2. The third kappa shape index (κ3) is 5.89. The van der Waals surface area contributed by atoms with Crippen LogP contribution in [0.25, 0.3) is 0 Å². The summed E-state index contributed by atoms with van der Waals surface area (Å²) in [5.41, 5.74) is 4.05. The van der Waals surface area contributed by atoms with Gasteiger partial charge in [-0.15, -0.1) is 0 Å². The lowest BCUT2D eigenvalue weighted by molar-refractivity contribution is -0.146. The summed E-state index contributed by atoms with van der Waals surface area (Å²) in [7, 11) is 3.19. The van der Waals surface area contributed by atoms with Gasteiger partial charge in [-0.1, -0.05) is 12.5 Å². The van der Waals surface area contributed by atoms with Crippen molar-refractivity contribution in [1.82, 2.24) is 5.32 Å². The lowest BCUT2D eigenvalue weighted by Crippen LogP contribution is -2.37. The molecular weight excluding hydrogens is 602 g/mol. The number of aromatic hydroxyl groups is 1. The highest BCUT2D eigenvalue weighted by atomic mass is 79.9. The number of Topliss-reactive ketones (excluding diaryl/α,β-unsaturated/α-hetero) is 1. The molecule has 224 valence electrons. The number of halogens is 1. The van der Waals surface area contributed by atoms with Gasteiger partial charge >= 0.3 is 5.97 Å². The van der Waals surface area contributed by atoms with Crippen molar-refractivity contribution in [2.75, 3.05) is 20.8 Å². The van der Waals surface area contributed by atoms with E-state index in [4.69, 9.17) is 18.9 Å². The molecule has 0 spiro atoms. The van der Waals surface area contributed by atoms with Crippen molar-refractivity contribution in [2.45, 2.75) is 76.7 Å². The monoisotopic (exact) mass is 639 g/mol. The van der Waals surface area contributed by atoms with Gasteiger partial charge in [0.15, 0.2) is 28.8 Å². The van der Waals surface area contributed by atoms with Crippen molar-refractivity contribution < 1.29 is 33.6 Å². The highest BCUT2D eigenvalue weighted by Gasteiger charge is 2.42. The van der Waals surface area contributed by atoms with Crippen LogP contribution in [0.3, 0.4) is 0 Å². The Morgan fingerprint density at radius 1 is 1.00 bits per heavy atom. The molecule has 0 bridgehead atoms. The van der Waals surface area contributed by atoms with Gasteiger partial charge in [0.25, 0.3) is 0 Å². The largest absolute Gasteiger partial charge is 0.503 e. The third-order valence-electron chi connectivity index (χ3n) is 8.44. The first-order valence-electron chi connectivity index (χ1n) is 14.6. The number of benzene rings is 2. The van der Waals surface area contributed by atoms with Crippen LogP contribution < -0.4 is 19.5 Å². The summed E-state index contributed by atoms with van der Waals surface area (Å²) in [6, 6.07) is 9.22. The summed E-state index contributed by atoms with van der Waals surface area (Å²) in [5.74, 6) is 0.267. The normalized spacial score (nSPS) is 21.0. The Labute approximate surface area is 255 Å². The molecule has 2 aromatic carbocycles. The van der Waals surface area contributed by atoms with Crippen molar-refractivity contribution >= 4 is 27.7 Å². The maximum absolute atomic E-state index is 14.1. The van der Waals surface area contributed by atoms with Gasteiger partial charge in [-0.25, -0.2) is 4.79 Å². The van der Waals surface area contributed by atoms with Gasteiger partial charge in [-0.2, -0.15) is 0 Å². The third-order valence-corrected chi connectivity index (χ3v) is 9.04. The van der Waals surface area contributed by atoms with Crippen molar-refractivity contribution in [3.8, 4) is 23.0 Å². The molecule has 5 rings (SSSR count). The number of hydrogen-bond donors (Lipinski definition) is 2. The fourth-order valence-electron chi connectivity index (χ4n) is 6.41. The summed E-state index contributed by atoms with van der Waals surface area (Å²) in [6.07, 6.45) is 5.61. The second kappa shape index (κ2) is 12.8. The Morgan fingerprint density at radius 2 is 1.71 bits per heavy atom. The number of dihydropyridines is 1. The van der Waals surface area contributed by atoms with Crippen LogP contribution in [0.5, 0.6) is 23.0 Å². The molecule has 1 saturated carbocycles. The molecule has 42 heavy (non-hydrogen) atoms. The maximum Gasteiger partial charge on any atom is 0.337 e. The second-order valence-corrected chi connectivity index (χ2v) is 11.9. The standard InChI is InChI=1S/C33H38BrNO7/c1-5-41-28-17-21(13-23(34)32(28)37)30-29(33(38)42-22-9-7-6-8-10-22)18(2)35-24-14-20(15-25(36)31(24)30)19-11-12-26(39-3)27(16-19)40-4/h11-13,16-17,20,22,30,35,37H,5-10,14-15H2,1-4H3/t20-,30-/m1/s1. The van der Waals surface area contributed by atoms with Crippen molar-refractivity contribution in [2.24, 2.45) is 0 Å². The van der Waals surface area contributed by atoms with E-state index in [0.29, 0.717) is 51.4 Å². The predicted octanol–water partition coefficient (Wildman–Crippen LogP) is 6.81. The van der Waals surface area contributed by atoms with Crippen molar-refractivity contribution in [3.63, 3.8) is 0 Å². The van der Waals surface area contributed by atoms with Crippen LogP contribution in [0.15, 0.2) is 57.3 Å². The molecule has 8 nitrogen and oxygen atoms in total. The Kier molecular flexibility index (Phi) is 9.16. The quantitative estimate of drug-likeness (QED) is 0.304. The average molecular weight is 641 g/mol. The molecule has 0 saturated heterocycles. The van der Waals surface area contributed by atoms with Gasteiger partial charge in [-0.3, -0.25) is 4.79 Å². The molecular formula is C33H38BrNO7. The summed E-state index contributed by atoms with van der Waals surface area (Å²) in [6.45, 7) is 4.04.